The summed E-state index contributed by atoms with van der Waals surface area (Å²) < 4.78 is 2.64. The SMILES string of the molecule is c1ccc2cc3c(-c4ccc(N(c5cccc6ccccc56)c5cccc6ccccc56)c5ccccc45)c4ccccc4c(-c4ccc5c(c4)sc4ccccc45)c3cc2c1. The normalized spacial score (nSPS) is 11.9. The van der Waals surface area contributed by atoms with E-state index in [1.165, 1.54) is 107 Å². The lowest BCUT2D eigenvalue weighted by atomic mass is 9.83. The van der Waals surface area contributed by atoms with Gasteiger partial charge in [-0.1, -0.05) is 182 Å². The first-order valence-electron chi connectivity index (χ1n) is 21.3. The Bertz CT molecular complexity index is 3860. The molecule has 2 heteroatoms. The molecule has 13 rings (SSSR count). The molecular weight excluding hydrogens is 767 g/mol. The summed E-state index contributed by atoms with van der Waals surface area (Å²) in [6, 6.07) is 83.3. The first-order valence-corrected chi connectivity index (χ1v) is 22.2. The Hall–Kier alpha value is -7.78. The number of rotatable bonds is 5. The van der Waals surface area contributed by atoms with Crippen LogP contribution in [0.2, 0.25) is 0 Å². The van der Waals surface area contributed by atoms with Crippen LogP contribution in [-0.4, -0.2) is 0 Å². The number of hydrogen-bond acceptors (Lipinski definition) is 2. The van der Waals surface area contributed by atoms with E-state index in [0.717, 1.165) is 17.1 Å². The average molecular weight is 804 g/mol. The zero-order valence-corrected chi connectivity index (χ0v) is 34.5. The number of benzene rings is 12. The number of hydrogen-bond donors (Lipinski definition) is 0. The third kappa shape index (κ3) is 5.34. The number of thiophene rings is 1. The van der Waals surface area contributed by atoms with Gasteiger partial charge in [-0.25, -0.2) is 0 Å². The molecule has 1 nitrogen and oxygen atoms in total. The van der Waals surface area contributed by atoms with Crippen LogP contribution in [-0.2, 0) is 0 Å². The van der Waals surface area contributed by atoms with Crippen LogP contribution in [0.25, 0.3) is 107 Å². The zero-order chi connectivity index (χ0) is 40.7. The zero-order valence-electron chi connectivity index (χ0n) is 33.7. The Kier molecular flexibility index (Phi) is 7.85. The lowest BCUT2D eigenvalue weighted by Gasteiger charge is -2.30. The number of anilines is 3. The quantitative estimate of drug-likeness (QED) is 0.157. The van der Waals surface area contributed by atoms with E-state index < -0.39 is 0 Å². The van der Waals surface area contributed by atoms with Crippen molar-refractivity contribution >= 4 is 113 Å². The summed E-state index contributed by atoms with van der Waals surface area (Å²) in [5.74, 6) is 0. The lowest BCUT2D eigenvalue weighted by Crippen LogP contribution is -2.11. The van der Waals surface area contributed by atoms with Gasteiger partial charge in [-0.2, -0.15) is 0 Å². The van der Waals surface area contributed by atoms with Gasteiger partial charge < -0.3 is 4.90 Å². The molecule has 0 saturated heterocycles. The summed E-state index contributed by atoms with van der Waals surface area (Å²) in [7, 11) is 0. The first kappa shape index (κ1) is 35.0. The predicted molar refractivity (Wildman–Crippen MR) is 270 cm³/mol. The van der Waals surface area contributed by atoms with E-state index in [9.17, 15) is 0 Å². The highest BCUT2D eigenvalue weighted by molar-refractivity contribution is 7.25. The van der Waals surface area contributed by atoms with Crippen LogP contribution in [0.5, 0.6) is 0 Å². The lowest BCUT2D eigenvalue weighted by molar-refractivity contribution is 1.33. The largest absolute Gasteiger partial charge is 0.309 e. The van der Waals surface area contributed by atoms with E-state index in [1.807, 2.05) is 11.3 Å². The second kappa shape index (κ2) is 13.9. The molecule has 0 radical (unpaired) electrons. The summed E-state index contributed by atoms with van der Waals surface area (Å²) in [6.07, 6.45) is 0. The van der Waals surface area contributed by atoms with Gasteiger partial charge in [0.05, 0.1) is 17.1 Å². The van der Waals surface area contributed by atoms with Crippen molar-refractivity contribution < 1.29 is 0 Å². The highest BCUT2D eigenvalue weighted by Gasteiger charge is 2.24. The minimum absolute atomic E-state index is 1.14. The van der Waals surface area contributed by atoms with E-state index in [2.05, 4.69) is 229 Å². The molecule has 0 unspecified atom stereocenters. The van der Waals surface area contributed by atoms with Gasteiger partial charge in [0.1, 0.15) is 0 Å². The first-order chi connectivity index (χ1) is 30.8. The summed E-state index contributed by atoms with van der Waals surface area (Å²) >= 11 is 1.88. The molecule has 0 amide bonds. The smallest absolute Gasteiger partial charge is 0.0540 e. The fourth-order valence-corrected chi connectivity index (χ4v) is 11.4. The van der Waals surface area contributed by atoms with Crippen LogP contribution in [0, 0.1) is 0 Å². The molecule has 0 aliphatic rings. The Morgan fingerprint density at radius 2 is 0.726 bits per heavy atom. The summed E-state index contributed by atoms with van der Waals surface area (Å²) in [6.45, 7) is 0. The van der Waals surface area contributed by atoms with Crippen molar-refractivity contribution in [2.24, 2.45) is 0 Å². The number of fused-ring (bicyclic) bond motifs is 9. The van der Waals surface area contributed by atoms with E-state index in [0.29, 0.717) is 0 Å². The third-order valence-corrected chi connectivity index (χ3v) is 14.1. The van der Waals surface area contributed by atoms with Crippen molar-refractivity contribution in [2.45, 2.75) is 0 Å². The van der Waals surface area contributed by atoms with Gasteiger partial charge >= 0.3 is 0 Å². The molecule has 0 saturated carbocycles. The van der Waals surface area contributed by atoms with Crippen LogP contribution in [0.4, 0.5) is 17.1 Å². The van der Waals surface area contributed by atoms with Gasteiger partial charge in [-0.3, -0.25) is 0 Å². The van der Waals surface area contributed by atoms with Gasteiger partial charge in [0, 0.05) is 36.3 Å². The highest BCUT2D eigenvalue weighted by Crippen LogP contribution is 2.50. The molecule has 0 N–H and O–H groups in total. The molecular formula is C60H37NS. The summed E-state index contributed by atoms with van der Waals surface area (Å²) in [4.78, 5) is 2.49. The van der Waals surface area contributed by atoms with Crippen molar-refractivity contribution in [1.82, 2.24) is 0 Å². The Morgan fingerprint density at radius 3 is 1.39 bits per heavy atom. The van der Waals surface area contributed by atoms with Gasteiger partial charge in [-0.05, 0) is 113 Å². The average Bonchev–Trinajstić information content (AvgIpc) is 3.71. The van der Waals surface area contributed by atoms with Crippen molar-refractivity contribution in [3.63, 3.8) is 0 Å². The maximum Gasteiger partial charge on any atom is 0.0540 e. The van der Waals surface area contributed by atoms with Gasteiger partial charge in [0.25, 0.3) is 0 Å². The van der Waals surface area contributed by atoms with Crippen LogP contribution >= 0.6 is 11.3 Å². The minimum Gasteiger partial charge on any atom is -0.309 e. The van der Waals surface area contributed by atoms with E-state index in [1.54, 1.807) is 0 Å². The van der Waals surface area contributed by atoms with Gasteiger partial charge in [0.15, 0.2) is 0 Å². The molecule has 0 aliphatic heterocycles. The van der Waals surface area contributed by atoms with Crippen LogP contribution in [0.15, 0.2) is 224 Å². The molecule has 288 valence electrons. The summed E-state index contributed by atoms with van der Waals surface area (Å²) in [5, 5.41) is 17.4. The molecule has 1 aromatic heterocycles. The van der Waals surface area contributed by atoms with Crippen LogP contribution < -0.4 is 4.90 Å². The topological polar surface area (TPSA) is 3.24 Å². The van der Waals surface area contributed by atoms with Gasteiger partial charge in [-0.15, -0.1) is 11.3 Å². The fourth-order valence-electron chi connectivity index (χ4n) is 10.2. The van der Waals surface area contributed by atoms with Crippen LogP contribution in [0.1, 0.15) is 0 Å². The molecule has 1 heterocycles. The summed E-state index contributed by atoms with van der Waals surface area (Å²) in [5.41, 5.74) is 8.46. The van der Waals surface area contributed by atoms with Crippen LogP contribution in [0.3, 0.4) is 0 Å². The number of nitrogens with zero attached hydrogens (tertiary/aromatic N) is 1. The minimum atomic E-state index is 1.14. The molecule has 62 heavy (non-hydrogen) atoms. The third-order valence-electron chi connectivity index (χ3n) is 13.0. The van der Waals surface area contributed by atoms with Crippen molar-refractivity contribution in [3.05, 3.63) is 224 Å². The second-order valence-electron chi connectivity index (χ2n) is 16.4. The van der Waals surface area contributed by atoms with E-state index in [4.69, 9.17) is 0 Å². The molecule has 0 atom stereocenters. The molecule has 0 spiro atoms. The maximum absolute atomic E-state index is 2.49. The Balaban J connectivity index is 1.12. The van der Waals surface area contributed by atoms with E-state index >= 15 is 0 Å². The monoisotopic (exact) mass is 803 g/mol. The van der Waals surface area contributed by atoms with Gasteiger partial charge in [0.2, 0.25) is 0 Å². The molecule has 0 fully saturated rings. The highest BCUT2D eigenvalue weighted by atomic mass is 32.1. The molecule has 0 aliphatic carbocycles. The Labute approximate surface area is 363 Å². The van der Waals surface area contributed by atoms with E-state index in [-0.39, 0.29) is 0 Å². The molecule has 12 aromatic carbocycles. The van der Waals surface area contributed by atoms with Crippen molar-refractivity contribution in [2.75, 3.05) is 4.90 Å². The Morgan fingerprint density at radius 1 is 0.258 bits per heavy atom. The second-order valence-corrected chi connectivity index (χ2v) is 17.4. The van der Waals surface area contributed by atoms with Crippen molar-refractivity contribution in [3.8, 4) is 22.3 Å². The molecule has 13 aromatic rings. The standard InChI is InChI=1S/C60H37NS/c1-2-18-41-36-53-52(35-40(41)17-1)59(42-31-32-48-47-25-11-12-30-57(47)62-58(48)37-42)49-26-9-10-27-50(49)60(53)51-33-34-56(46-24-8-7-23-45(46)51)61(54-28-13-19-38-15-3-5-21-43(38)54)55-29-14-20-39-16-4-6-22-44(39)55/h1-37H. The predicted octanol–water partition coefficient (Wildman–Crippen LogP) is 17.8. The molecule has 0 bridgehead atoms. The fraction of sp³-hybridized carbons (Fsp3) is 0. The van der Waals surface area contributed by atoms with Crippen molar-refractivity contribution in [1.29, 1.82) is 0 Å². The maximum atomic E-state index is 2.49.